The monoisotopic (exact) mass is 306 g/mol. The molecule has 0 fully saturated rings. The summed E-state index contributed by atoms with van der Waals surface area (Å²) in [5.41, 5.74) is 8.24. The Kier molecular flexibility index (Phi) is 4.47. The Balaban J connectivity index is 2.35. The van der Waals surface area contributed by atoms with Gasteiger partial charge < -0.3 is 15.4 Å². The zero-order chi connectivity index (χ0) is 14.7. The van der Waals surface area contributed by atoms with Gasteiger partial charge in [-0.2, -0.15) is 0 Å². The lowest BCUT2D eigenvalue weighted by molar-refractivity contribution is 0.415. The zero-order valence-electron chi connectivity index (χ0n) is 11.3. The fourth-order valence-electron chi connectivity index (χ4n) is 1.88. The highest BCUT2D eigenvalue weighted by atomic mass is 35.5. The minimum Gasteiger partial charge on any atom is -0.497 e. The average molecular weight is 307 g/mol. The van der Waals surface area contributed by atoms with Crippen LogP contribution in [0.5, 0.6) is 5.75 Å². The number of nitrogens with zero attached hydrogens (tertiary/aromatic N) is 1. The number of benzene rings is 2. The molecule has 0 bridgehead atoms. The first-order valence-electron chi connectivity index (χ1n) is 6.00. The van der Waals surface area contributed by atoms with Gasteiger partial charge in [0.2, 0.25) is 0 Å². The molecule has 2 rings (SSSR count). The fraction of sp³-hybridized carbons (Fsp3) is 0.133. The molecule has 0 amide bonds. The summed E-state index contributed by atoms with van der Waals surface area (Å²) in [4.78, 5) is 2.31. The molecule has 2 aromatic rings. The van der Waals surface area contributed by atoms with Crippen LogP contribution >= 0.6 is 23.8 Å². The van der Waals surface area contributed by atoms with Gasteiger partial charge in [0.05, 0.1) is 12.1 Å². The lowest BCUT2D eigenvalue weighted by Crippen LogP contribution is -2.12. The van der Waals surface area contributed by atoms with Crippen LogP contribution in [0.25, 0.3) is 0 Å². The van der Waals surface area contributed by atoms with Gasteiger partial charge in [0, 0.05) is 30.1 Å². The largest absolute Gasteiger partial charge is 0.497 e. The van der Waals surface area contributed by atoms with Crippen molar-refractivity contribution in [1.29, 1.82) is 0 Å². The second kappa shape index (κ2) is 6.11. The van der Waals surface area contributed by atoms with E-state index in [1.807, 2.05) is 54.4 Å². The van der Waals surface area contributed by atoms with Crippen molar-refractivity contribution < 1.29 is 4.74 Å². The maximum atomic E-state index is 6.20. The van der Waals surface area contributed by atoms with Crippen LogP contribution < -0.4 is 15.4 Å². The number of hydrogen-bond donors (Lipinski definition) is 1. The van der Waals surface area contributed by atoms with Crippen molar-refractivity contribution >= 4 is 40.2 Å². The molecule has 104 valence electrons. The van der Waals surface area contributed by atoms with Gasteiger partial charge >= 0.3 is 0 Å². The lowest BCUT2D eigenvalue weighted by Gasteiger charge is -2.21. The lowest BCUT2D eigenvalue weighted by atomic mass is 10.2. The van der Waals surface area contributed by atoms with Gasteiger partial charge in [0.1, 0.15) is 10.7 Å². The van der Waals surface area contributed by atoms with Gasteiger partial charge in [-0.05, 0) is 30.3 Å². The summed E-state index contributed by atoms with van der Waals surface area (Å²) in [7, 11) is 3.61. The maximum Gasteiger partial charge on any atom is 0.120 e. The zero-order valence-corrected chi connectivity index (χ0v) is 12.8. The number of halogens is 1. The van der Waals surface area contributed by atoms with Gasteiger partial charge in [-0.1, -0.05) is 29.9 Å². The van der Waals surface area contributed by atoms with Crippen molar-refractivity contribution in [2.24, 2.45) is 5.73 Å². The highest BCUT2D eigenvalue weighted by Crippen LogP contribution is 2.29. The van der Waals surface area contributed by atoms with E-state index < -0.39 is 0 Å². The Morgan fingerprint density at radius 1 is 1.20 bits per heavy atom. The van der Waals surface area contributed by atoms with E-state index in [0.29, 0.717) is 15.6 Å². The van der Waals surface area contributed by atoms with Crippen molar-refractivity contribution in [3.8, 4) is 5.75 Å². The smallest absolute Gasteiger partial charge is 0.120 e. The molecule has 0 unspecified atom stereocenters. The standard InChI is InChI=1S/C15H15ClN2OS/c1-18(10-4-3-5-12(8-10)19-2)11-6-7-13(15(17)20)14(16)9-11/h3-9H,1-2H3,(H2,17,20). The molecule has 0 heterocycles. The third-order valence-electron chi connectivity index (χ3n) is 3.05. The third kappa shape index (κ3) is 3.03. The van der Waals surface area contributed by atoms with E-state index in [1.54, 1.807) is 7.11 Å². The average Bonchev–Trinajstić information content (AvgIpc) is 2.46. The molecule has 0 aromatic heterocycles. The summed E-state index contributed by atoms with van der Waals surface area (Å²) in [6.45, 7) is 0. The third-order valence-corrected chi connectivity index (χ3v) is 3.58. The summed E-state index contributed by atoms with van der Waals surface area (Å²) in [6, 6.07) is 13.4. The summed E-state index contributed by atoms with van der Waals surface area (Å²) >= 11 is 11.1. The molecule has 0 aliphatic rings. The molecule has 3 nitrogen and oxygen atoms in total. The molecule has 0 spiro atoms. The van der Waals surface area contributed by atoms with Gasteiger partial charge in [-0.25, -0.2) is 0 Å². The Bertz CT molecular complexity index is 646. The van der Waals surface area contributed by atoms with Crippen LogP contribution in [0, 0.1) is 0 Å². The molecule has 0 saturated heterocycles. The van der Waals surface area contributed by atoms with E-state index in [0.717, 1.165) is 17.1 Å². The van der Waals surface area contributed by atoms with E-state index in [9.17, 15) is 0 Å². The van der Waals surface area contributed by atoms with Crippen molar-refractivity contribution in [2.45, 2.75) is 0 Å². The first kappa shape index (κ1) is 14.6. The molecule has 0 atom stereocenters. The summed E-state index contributed by atoms with van der Waals surface area (Å²) < 4.78 is 5.23. The molecule has 2 aromatic carbocycles. The van der Waals surface area contributed by atoms with Crippen LogP contribution in [0.1, 0.15) is 5.56 Å². The molecule has 0 saturated carbocycles. The first-order valence-corrected chi connectivity index (χ1v) is 6.78. The van der Waals surface area contributed by atoms with Crippen molar-refractivity contribution in [1.82, 2.24) is 0 Å². The molecule has 5 heteroatoms. The van der Waals surface area contributed by atoms with Gasteiger partial charge in [-0.15, -0.1) is 0 Å². The van der Waals surface area contributed by atoms with Crippen LogP contribution in [0.4, 0.5) is 11.4 Å². The number of methoxy groups -OCH3 is 1. The molecule has 0 radical (unpaired) electrons. The number of nitrogens with two attached hydrogens (primary N) is 1. The molecule has 2 N–H and O–H groups in total. The maximum absolute atomic E-state index is 6.20. The molecule has 0 aliphatic heterocycles. The van der Waals surface area contributed by atoms with E-state index in [-0.39, 0.29) is 0 Å². The van der Waals surface area contributed by atoms with Crippen molar-refractivity contribution in [2.75, 3.05) is 19.1 Å². The number of hydrogen-bond acceptors (Lipinski definition) is 3. The quantitative estimate of drug-likeness (QED) is 0.873. The van der Waals surface area contributed by atoms with Crippen molar-refractivity contribution in [3.05, 3.63) is 53.1 Å². The number of rotatable bonds is 4. The number of anilines is 2. The van der Waals surface area contributed by atoms with Crippen LogP contribution in [0.2, 0.25) is 5.02 Å². The second-order valence-corrected chi connectivity index (χ2v) is 5.14. The van der Waals surface area contributed by atoms with Crippen LogP contribution in [0.15, 0.2) is 42.5 Å². The van der Waals surface area contributed by atoms with Gasteiger partial charge in [0.15, 0.2) is 0 Å². The Morgan fingerprint density at radius 3 is 2.50 bits per heavy atom. The summed E-state index contributed by atoms with van der Waals surface area (Å²) in [5, 5.41) is 0.546. The second-order valence-electron chi connectivity index (χ2n) is 4.29. The molecular formula is C15H15ClN2OS. The Labute approximate surface area is 128 Å². The molecular weight excluding hydrogens is 292 g/mol. The van der Waals surface area contributed by atoms with Crippen LogP contribution in [-0.4, -0.2) is 19.1 Å². The van der Waals surface area contributed by atoms with Crippen LogP contribution in [-0.2, 0) is 0 Å². The van der Waals surface area contributed by atoms with E-state index >= 15 is 0 Å². The predicted octanol–water partition coefficient (Wildman–Crippen LogP) is 3.75. The fourth-order valence-corrected chi connectivity index (χ4v) is 2.39. The molecule has 0 aliphatic carbocycles. The summed E-state index contributed by atoms with van der Waals surface area (Å²) in [6.07, 6.45) is 0. The highest BCUT2D eigenvalue weighted by Gasteiger charge is 2.09. The van der Waals surface area contributed by atoms with Crippen LogP contribution in [0.3, 0.4) is 0 Å². The summed E-state index contributed by atoms with van der Waals surface area (Å²) in [5.74, 6) is 0.806. The number of ether oxygens (including phenoxy) is 1. The molecule has 20 heavy (non-hydrogen) atoms. The SMILES string of the molecule is COc1cccc(N(C)c2ccc(C(N)=S)c(Cl)c2)c1. The van der Waals surface area contributed by atoms with Gasteiger partial charge in [-0.3, -0.25) is 0 Å². The Hall–Kier alpha value is -1.78. The number of thiocarbonyl (C=S) groups is 1. The van der Waals surface area contributed by atoms with E-state index in [1.165, 1.54) is 0 Å². The topological polar surface area (TPSA) is 38.5 Å². The van der Waals surface area contributed by atoms with Crippen molar-refractivity contribution in [3.63, 3.8) is 0 Å². The van der Waals surface area contributed by atoms with E-state index in [4.69, 9.17) is 34.3 Å². The Morgan fingerprint density at radius 2 is 1.90 bits per heavy atom. The normalized spacial score (nSPS) is 10.2. The minimum atomic E-state index is 0.297. The predicted molar refractivity (Wildman–Crippen MR) is 88.4 cm³/mol. The first-order chi connectivity index (χ1) is 9.52. The van der Waals surface area contributed by atoms with E-state index in [2.05, 4.69) is 0 Å². The highest BCUT2D eigenvalue weighted by molar-refractivity contribution is 7.80. The van der Waals surface area contributed by atoms with Gasteiger partial charge in [0.25, 0.3) is 0 Å². The minimum absolute atomic E-state index is 0.297.